The van der Waals surface area contributed by atoms with Gasteiger partial charge in [-0.1, -0.05) is 71.8 Å². The Morgan fingerprint density at radius 3 is 2.33 bits per heavy atom. The van der Waals surface area contributed by atoms with E-state index in [0.29, 0.717) is 6.54 Å². The predicted octanol–water partition coefficient (Wildman–Crippen LogP) is 5.73. The number of carbonyl (C=O) groups excluding carboxylic acids is 1. The number of likely N-dealkylation sites (N-methyl/N-ethyl adjacent to an activating group) is 1. The van der Waals surface area contributed by atoms with E-state index in [4.69, 9.17) is 5.10 Å². The highest BCUT2D eigenvalue weighted by Gasteiger charge is 2.34. The summed E-state index contributed by atoms with van der Waals surface area (Å²) in [5, 5.41) is 6.66. The summed E-state index contributed by atoms with van der Waals surface area (Å²) in [7, 11) is 1.99. The van der Waals surface area contributed by atoms with E-state index in [1.54, 1.807) is 5.01 Å². The highest BCUT2D eigenvalue weighted by molar-refractivity contribution is 6.04. The summed E-state index contributed by atoms with van der Waals surface area (Å²) >= 11 is 0. The van der Waals surface area contributed by atoms with E-state index >= 15 is 0 Å². The zero-order valence-corrected chi connectivity index (χ0v) is 20.3. The first kappa shape index (κ1) is 22.9. The van der Waals surface area contributed by atoms with Crippen molar-refractivity contribution in [3.8, 4) is 0 Å². The lowest BCUT2D eigenvalue weighted by Gasteiger charge is -2.26. The van der Waals surface area contributed by atoms with Gasteiger partial charge in [0.25, 0.3) is 5.91 Å². The van der Waals surface area contributed by atoms with Crippen LogP contribution >= 0.6 is 0 Å². The van der Waals surface area contributed by atoms with Crippen LogP contribution in [0.5, 0.6) is 0 Å². The maximum absolute atomic E-state index is 13.5. The van der Waals surface area contributed by atoms with Crippen LogP contribution in [0.1, 0.15) is 51.4 Å². The Kier molecular flexibility index (Phi) is 6.75. The molecule has 1 atom stereocenters. The molecule has 0 spiro atoms. The monoisotopic (exact) mass is 439 g/mol. The first-order valence-corrected chi connectivity index (χ1v) is 11.6. The van der Waals surface area contributed by atoms with Crippen LogP contribution < -0.4 is 0 Å². The highest BCUT2D eigenvalue weighted by atomic mass is 16.2. The molecule has 1 aliphatic rings. The summed E-state index contributed by atoms with van der Waals surface area (Å²) in [4.78, 5) is 15.6. The van der Waals surface area contributed by atoms with Gasteiger partial charge in [0, 0.05) is 18.5 Å². The van der Waals surface area contributed by atoms with E-state index < -0.39 is 0 Å². The van der Waals surface area contributed by atoms with Crippen molar-refractivity contribution < 1.29 is 4.79 Å². The van der Waals surface area contributed by atoms with Crippen LogP contribution in [0.15, 0.2) is 71.8 Å². The fourth-order valence-electron chi connectivity index (χ4n) is 4.57. The Hall–Kier alpha value is -3.24. The van der Waals surface area contributed by atoms with Crippen LogP contribution in [-0.2, 0) is 11.3 Å². The summed E-state index contributed by atoms with van der Waals surface area (Å²) in [6.07, 6.45) is 0.725. The molecule has 0 unspecified atom stereocenters. The summed E-state index contributed by atoms with van der Waals surface area (Å²) in [6, 6.07) is 23.1. The van der Waals surface area contributed by atoms with E-state index in [9.17, 15) is 4.79 Å². The molecule has 1 amide bonds. The molecule has 4 nitrogen and oxygen atoms in total. The van der Waals surface area contributed by atoms with Gasteiger partial charge < -0.3 is 0 Å². The van der Waals surface area contributed by atoms with Gasteiger partial charge in [-0.3, -0.25) is 9.69 Å². The Labute approximate surface area is 197 Å². The standard InChI is InChI=1S/C29H33N3O/c1-20-11-13-22(3)25(15-20)27-17-28(26-16-21(2)12-14-23(26)4)32(30-27)29(33)19-31(5)18-24-9-7-6-8-10-24/h6-16,28H,17-19H2,1-5H3/t28-/m1/s1. The number of amides is 1. The molecule has 0 saturated heterocycles. The Balaban J connectivity index is 1.64. The molecule has 1 aliphatic heterocycles. The van der Waals surface area contributed by atoms with Crippen molar-refractivity contribution in [2.45, 2.75) is 46.7 Å². The Morgan fingerprint density at radius 2 is 1.61 bits per heavy atom. The van der Waals surface area contributed by atoms with Crippen LogP contribution in [0.4, 0.5) is 0 Å². The smallest absolute Gasteiger partial charge is 0.257 e. The van der Waals surface area contributed by atoms with Crippen molar-refractivity contribution >= 4 is 11.6 Å². The number of aryl methyl sites for hydroxylation is 4. The molecule has 3 aromatic carbocycles. The second-order valence-electron chi connectivity index (χ2n) is 9.34. The molecule has 3 aromatic rings. The normalized spacial score (nSPS) is 15.8. The van der Waals surface area contributed by atoms with Gasteiger partial charge in [-0.05, 0) is 63.1 Å². The fourth-order valence-corrected chi connectivity index (χ4v) is 4.57. The fraction of sp³-hybridized carbons (Fsp3) is 0.310. The number of hydrogen-bond donors (Lipinski definition) is 0. The number of hydrogen-bond acceptors (Lipinski definition) is 3. The molecule has 0 bridgehead atoms. The highest BCUT2D eigenvalue weighted by Crippen LogP contribution is 2.35. The summed E-state index contributed by atoms with van der Waals surface area (Å²) in [5.74, 6) is 0.0274. The quantitative estimate of drug-likeness (QED) is 0.492. The second kappa shape index (κ2) is 9.72. The Morgan fingerprint density at radius 1 is 0.939 bits per heavy atom. The van der Waals surface area contributed by atoms with Crippen molar-refractivity contribution in [2.24, 2.45) is 5.10 Å². The van der Waals surface area contributed by atoms with Gasteiger partial charge in [-0.25, -0.2) is 5.01 Å². The maximum Gasteiger partial charge on any atom is 0.257 e. The van der Waals surface area contributed by atoms with E-state index in [-0.39, 0.29) is 11.9 Å². The first-order valence-electron chi connectivity index (χ1n) is 11.6. The van der Waals surface area contributed by atoms with Crippen LogP contribution in [-0.4, -0.2) is 35.1 Å². The molecule has 4 heteroatoms. The molecule has 170 valence electrons. The predicted molar refractivity (Wildman–Crippen MR) is 135 cm³/mol. The number of nitrogens with zero attached hydrogens (tertiary/aromatic N) is 3. The average Bonchev–Trinajstić information content (AvgIpc) is 3.23. The molecule has 0 N–H and O–H groups in total. The molecule has 33 heavy (non-hydrogen) atoms. The van der Waals surface area contributed by atoms with Gasteiger partial charge in [0.2, 0.25) is 0 Å². The third-order valence-corrected chi connectivity index (χ3v) is 6.36. The number of carbonyl (C=O) groups is 1. The molecule has 1 heterocycles. The summed E-state index contributed by atoms with van der Waals surface area (Å²) in [6.45, 7) is 9.48. The lowest BCUT2D eigenvalue weighted by atomic mass is 9.92. The minimum absolute atomic E-state index is 0.0274. The molecule has 0 radical (unpaired) electrons. The van der Waals surface area contributed by atoms with Crippen LogP contribution in [0.3, 0.4) is 0 Å². The number of hydrazone groups is 1. The van der Waals surface area contributed by atoms with Crippen molar-refractivity contribution in [1.29, 1.82) is 0 Å². The van der Waals surface area contributed by atoms with Gasteiger partial charge in [0.1, 0.15) is 0 Å². The van der Waals surface area contributed by atoms with E-state index in [1.807, 2.05) is 25.2 Å². The van der Waals surface area contributed by atoms with Crippen molar-refractivity contribution in [3.63, 3.8) is 0 Å². The molecular formula is C29H33N3O. The number of benzene rings is 3. The molecule has 0 saturated carbocycles. The molecule has 0 aliphatic carbocycles. The molecule has 0 aromatic heterocycles. The van der Waals surface area contributed by atoms with Gasteiger partial charge in [0.05, 0.1) is 18.3 Å². The Bertz CT molecular complexity index is 1180. The number of rotatable bonds is 6. The van der Waals surface area contributed by atoms with Gasteiger partial charge >= 0.3 is 0 Å². The second-order valence-corrected chi connectivity index (χ2v) is 9.34. The minimum Gasteiger partial charge on any atom is -0.293 e. The zero-order valence-electron chi connectivity index (χ0n) is 20.3. The van der Waals surface area contributed by atoms with E-state index in [0.717, 1.165) is 24.2 Å². The zero-order chi connectivity index (χ0) is 23.5. The van der Waals surface area contributed by atoms with Gasteiger partial charge in [-0.2, -0.15) is 5.10 Å². The van der Waals surface area contributed by atoms with Crippen molar-refractivity contribution in [2.75, 3.05) is 13.6 Å². The SMILES string of the molecule is Cc1ccc(C)c(C2=NN(C(=O)CN(C)Cc3ccccc3)[C@@H](c3cc(C)ccc3C)C2)c1. The van der Waals surface area contributed by atoms with Gasteiger partial charge in [0.15, 0.2) is 0 Å². The summed E-state index contributed by atoms with van der Waals surface area (Å²) < 4.78 is 0. The first-order chi connectivity index (χ1) is 15.8. The third kappa shape index (κ3) is 5.23. The third-order valence-electron chi connectivity index (χ3n) is 6.36. The van der Waals surface area contributed by atoms with Crippen LogP contribution in [0.2, 0.25) is 0 Å². The maximum atomic E-state index is 13.5. The van der Waals surface area contributed by atoms with Crippen molar-refractivity contribution in [3.05, 3.63) is 106 Å². The average molecular weight is 440 g/mol. The minimum atomic E-state index is -0.0857. The lowest BCUT2D eigenvalue weighted by Crippen LogP contribution is -2.36. The van der Waals surface area contributed by atoms with Gasteiger partial charge in [-0.15, -0.1) is 0 Å². The molecular weight excluding hydrogens is 406 g/mol. The largest absolute Gasteiger partial charge is 0.293 e. The van der Waals surface area contributed by atoms with Crippen LogP contribution in [0, 0.1) is 27.7 Å². The summed E-state index contributed by atoms with van der Waals surface area (Å²) in [5.41, 5.74) is 9.28. The molecule has 4 rings (SSSR count). The van der Waals surface area contributed by atoms with Crippen LogP contribution in [0.25, 0.3) is 0 Å². The van der Waals surface area contributed by atoms with E-state index in [2.05, 4.69) is 81.1 Å². The lowest BCUT2D eigenvalue weighted by molar-refractivity contribution is -0.134. The molecule has 0 fully saturated rings. The van der Waals surface area contributed by atoms with Crippen molar-refractivity contribution in [1.82, 2.24) is 9.91 Å². The van der Waals surface area contributed by atoms with E-state index in [1.165, 1.54) is 33.4 Å². The topological polar surface area (TPSA) is 35.9 Å².